The van der Waals surface area contributed by atoms with E-state index in [9.17, 15) is 4.21 Å². The molecule has 1 fully saturated rings. The number of rotatable bonds is 2. The summed E-state index contributed by atoms with van der Waals surface area (Å²) in [6, 6.07) is 10.4. The molecule has 1 aromatic rings. The van der Waals surface area contributed by atoms with E-state index in [0.717, 1.165) is 24.3 Å². The van der Waals surface area contributed by atoms with E-state index in [1.807, 2.05) is 6.07 Å². The van der Waals surface area contributed by atoms with E-state index in [0.29, 0.717) is 5.92 Å². The maximum atomic E-state index is 11.6. The zero-order chi connectivity index (χ0) is 10.0. The number of hydrogen-bond donors (Lipinski definition) is 0. The van der Waals surface area contributed by atoms with Crippen LogP contribution in [0.2, 0.25) is 0 Å². The smallest absolute Gasteiger partial charge is 0.0313 e. The van der Waals surface area contributed by atoms with Crippen molar-refractivity contribution in [3.05, 3.63) is 35.9 Å². The molecular weight excluding hydrogens is 212 g/mol. The second kappa shape index (κ2) is 3.99. The second-order valence-corrected chi connectivity index (χ2v) is 8.01. The minimum absolute atomic E-state index is 0.544. The minimum atomic E-state index is -1.88. The van der Waals surface area contributed by atoms with Crippen molar-refractivity contribution >= 4 is 19.7 Å². The average Bonchev–Trinajstić information content (AvgIpc) is 2.47. The fraction of sp³-hybridized carbons (Fsp3) is 0.455. The van der Waals surface area contributed by atoms with Crippen LogP contribution in [0.3, 0.4) is 0 Å². The van der Waals surface area contributed by atoms with Gasteiger partial charge in [0.25, 0.3) is 0 Å². The van der Waals surface area contributed by atoms with E-state index in [2.05, 4.69) is 24.3 Å². The van der Waals surface area contributed by atoms with E-state index in [-0.39, 0.29) is 0 Å². The Morgan fingerprint density at radius 2 is 2.07 bits per heavy atom. The van der Waals surface area contributed by atoms with Crippen LogP contribution in [0.4, 0.5) is 0 Å². The first-order valence-electron chi connectivity index (χ1n) is 4.90. The molecule has 1 saturated heterocycles. The van der Waals surface area contributed by atoms with Gasteiger partial charge in [-0.25, -0.2) is 0 Å². The summed E-state index contributed by atoms with van der Waals surface area (Å²) in [4.78, 5) is 0. The van der Waals surface area contributed by atoms with E-state index in [1.165, 1.54) is 5.56 Å². The highest BCUT2D eigenvalue weighted by Gasteiger charge is 2.24. The Hall–Kier alpha value is -0.410. The van der Waals surface area contributed by atoms with Crippen molar-refractivity contribution in [3.63, 3.8) is 0 Å². The largest absolute Gasteiger partial charge is 0.257 e. The highest BCUT2D eigenvalue weighted by atomic mass is 32.8. The van der Waals surface area contributed by atoms with Gasteiger partial charge in [-0.15, -0.1) is 0 Å². The lowest BCUT2D eigenvalue weighted by molar-refractivity contribution is 0.594. The quantitative estimate of drug-likeness (QED) is 0.767. The second-order valence-electron chi connectivity index (χ2n) is 3.96. The van der Waals surface area contributed by atoms with Gasteiger partial charge in [0.15, 0.2) is 0 Å². The highest BCUT2D eigenvalue weighted by Crippen LogP contribution is 2.22. The first-order chi connectivity index (χ1) is 6.66. The lowest BCUT2D eigenvalue weighted by atomic mass is 9.99. The standard InChI is InChI=1S/C11H14OS2/c12-14(13)7-6-11(9-14)8-10-4-2-1-3-5-10/h1-5,11H,6-9H2. The SMILES string of the molecule is O=S1(=S)CCC(Cc2ccccc2)C1. The topological polar surface area (TPSA) is 17.1 Å². The average molecular weight is 226 g/mol. The van der Waals surface area contributed by atoms with Gasteiger partial charge < -0.3 is 0 Å². The summed E-state index contributed by atoms with van der Waals surface area (Å²) >= 11 is 5.03. The summed E-state index contributed by atoms with van der Waals surface area (Å²) in [6.45, 7) is 0. The first-order valence-corrected chi connectivity index (χ1v) is 7.72. The van der Waals surface area contributed by atoms with Gasteiger partial charge in [-0.05, 0) is 35.5 Å². The van der Waals surface area contributed by atoms with Crippen LogP contribution in [-0.4, -0.2) is 15.7 Å². The fourth-order valence-electron chi connectivity index (χ4n) is 1.98. The zero-order valence-corrected chi connectivity index (χ0v) is 9.65. The van der Waals surface area contributed by atoms with Crippen LogP contribution >= 0.6 is 0 Å². The molecule has 2 atom stereocenters. The molecule has 1 aromatic carbocycles. The molecule has 0 radical (unpaired) electrons. The molecule has 1 aliphatic heterocycles. The van der Waals surface area contributed by atoms with Crippen LogP contribution in [0.25, 0.3) is 0 Å². The molecule has 2 unspecified atom stereocenters. The lowest BCUT2D eigenvalue weighted by Gasteiger charge is -2.07. The van der Waals surface area contributed by atoms with Crippen LogP contribution in [0.1, 0.15) is 12.0 Å². The van der Waals surface area contributed by atoms with Gasteiger partial charge in [0, 0.05) is 20.0 Å². The third-order valence-corrected chi connectivity index (χ3v) is 5.44. The van der Waals surface area contributed by atoms with Crippen LogP contribution in [0, 0.1) is 5.92 Å². The van der Waals surface area contributed by atoms with Crippen LogP contribution in [0.5, 0.6) is 0 Å². The zero-order valence-electron chi connectivity index (χ0n) is 8.02. The van der Waals surface area contributed by atoms with Gasteiger partial charge in [0.2, 0.25) is 0 Å². The maximum absolute atomic E-state index is 11.6. The van der Waals surface area contributed by atoms with Crippen LogP contribution in [0.15, 0.2) is 30.3 Å². The monoisotopic (exact) mass is 226 g/mol. The van der Waals surface area contributed by atoms with Crippen molar-refractivity contribution in [2.75, 3.05) is 11.5 Å². The maximum Gasteiger partial charge on any atom is 0.0313 e. The number of hydrogen-bond acceptors (Lipinski definition) is 2. The van der Waals surface area contributed by atoms with Gasteiger partial charge in [-0.3, -0.25) is 4.21 Å². The van der Waals surface area contributed by atoms with Crippen molar-refractivity contribution in [2.45, 2.75) is 12.8 Å². The summed E-state index contributed by atoms with van der Waals surface area (Å²) in [5.41, 5.74) is 1.34. The summed E-state index contributed by atoms with van der Waals surface area (Å²) in [5.74, 6) is 2.04. The number of benzene rings is 1. The molecule has 1 heterocycles. The van der Waals surface area contributed by atoms with Gasteiger partial charge >= 0.3 is 0 Å². The molecule has 0 aromatic heterocycles. The predicted octanol–water partition coefficient (Wildman–Crippen LogP) is 2.00. The van der Waals surface area contributed by atoms with Crippen LogP contribution in [-0.2, 0) is 26.1 Å². The van der Waals surface area contributed by atoms with Crippen molar-refractivity contribution in [1.82, 2.24) is 0 Å². The predicted molar refractivity (Wildman–Crippen MR) is 63.5 cm³/mol. The van der Waals surface area contributed by atoms with Crippen molar-refractivity contribution < 1.29 is 4.21 Å². The molecule has 0 N–H and O–H groups in total. The first kappa shape index (κ1) is 10.1. The molecule has 0 bridgehead atoms. The van der Waals surface area contributed by atoms with E-state index >= 15 is 0 Å². The summed E-state index contributed by atoms with van der Waals surface area (Å²) in [5, 5.41) is 0. The molecule has 1 aliphatic rings. The molecule has 0 spiro atoms. The van der Waals surface area contributed by atoms with Gasteiger partial charge in [-0.2, -0.15) is 0 Å². The summed E-state index contributed by atoms with van der Waals surface area (Å²) < 4.78 is 11.6. The third-order valence-electron chi connectivity index (χ3n) is 2.69. The van der Waals surface area contributed by atoms with Crippen molar-refractivity contribution in [3.8, 4) is 0 Å². The van der Waals surface area contributed by atoms with Gasteiger partial charge in [0.1, 0.15) is 0 Å². The molecule has 3 heteroatoms. The van der Waals surface area contributed by atoms with E-state index < -0.39 is 8.49 Å². The molecule has 1 nitrogen and oxygen atoms in total. The Labute approximate surface area is 90.2 Å². The Morgan fingerprint density at radius 1 is 1.36 bits per heavy atom. The summed E-state index contributed by atoms with van der Waals surface area (Å²) in [6.07, 6.45) is 2.08. The molecular formula is C11H14OS2. The van der Waals surface area contributed by atoms with Gasteiger partial charge in [0.05, 0.1) is 0 Å². The van der Waals surface area contributed by atoms with E-state index in [1.54, 1.807) is 0 Å². The molecule has 0 saturated carbocycles. The minimum Gasteiger partial charge on any atom is -0.257 e. The van der Waals surface area contributed by atoms with Crippen molar-refractivity contribution in [1.29, 1.82) is 0 Å². The molecule has 14 heavy (non-hydrogen) atoms. The van der Waals surface area contributed by atoms with E-state index in [4.69, 9.17) is 11.2 Å². The Balaban J connectivity index is 2.01. The van der Waals surface area contributed by atoms with Gasteiger partial charge in [-0.1, -0.05) is 30.3 Å². The molecule has 76 valence electrons. The molecule has 2 rings (SSSR count). The highest BCUT2D eigenvalue weighted by molar-refractivity contribution is 8.33. The molecule has 0 aliphatic carbocycles. The Kier molecular flexibility index (Phi) is 2.88. The normalized spacial score (nSPS) is 31.9. The Bertz CT molecular complexity index is 395. The summed E-state index contributed by atoms with van der Waals surface area (Å²) in [7, 11) is -1.88. The lowest BCUT2D eigenvalue weighted by Crippen LogP contribution is -2.06. The third kappa shape index (κ3) is 2.55. The molecule has 0 amide bonds. The fourth-order valence-corrected chi connectivity index (χ4v) is 4.71. The van der Waals surface area contributed by atoms with Crippen LogP contribution < -0.4 is 0 Å². The van der Waals surface area contributed by atoms with Crippen molar-refractivity contribution in [2.24, 2.45) is 5.92 Å². The Morgan fingerprint density at radius 3 is 2.64 bits per heavy atom.